The average molecular weight is 457 g/mol. The largest absolute Gasteiger partial charge is 0.485 e. The van der Waals surface area contributed by atoms with Crippen molar-refractivity contribution in [3.05, 3.63) is 66.6 Å². The summed E-state index contributed by atoms with van der Waals surface area (Å²) < 4.78 is 34.8. The smallest absolute Gasteiger partial charge is 0.273 e. The summed E-state index contributed by atoms with van der Waals surface area (Å²) in [6, 6.07) is 13.7. The fourth-order valence-electron chi connectivity index (χ4n) is 3.10. The van der Waals surface area contributed by atoms with Crippen molar-refractivity contribution in [2.75, 3.05) is 24.3 Å². The Morgan fingerprint density at radius 3 is 2.61 bits per heavy atom. The summed E-state index contributed by atoms with van der Waals surface area (Å²) in [5.41, 5.74) is 1.40. The molecule has 1 atom stereocenters. The Bertz CT molecular complexity index is 1220. The zero-order valence-electron chi connectivity index (χ0n) is 16.7. The van der Waals surface area contributed by atoms with Crippen molar-refractivity contribution in [2.45, 2.75) is 11.0 Å². The summed E-state index contributed by atoms with van der Waals surface area (Å²) in [6.07, 6.45) is 1.99. The Labute approximate surface area is 184 Å². The summed E-state index contributed by atoms with van der Waals surface area (Å²) >= 11 is 1.31. The van der Waals surface area contributed by atoms with Crippen LogP contribution in [0.4, 0.5) is 5.13 Å². The number of amides is 1. The molecule has 0 fully saturated rings. The van der Waals surface area contributed by atoms with Gasteiger partial charge >= 0.3 is 0 Å². The van der Waals surface area contributed by atoms with Crippen molar-refractivity contribution in [1.29, 1.82) is 0 Å². The normalized spacial score (nSPS) is 15.3. The number of aromatic nitrogens is 1. The third-order valence-electron chi connectivity index (χ3n) is 4.66. The van der Waals surface area contributed by atoms with E-state index in [1.54, 1.807) is 42.5 Å². The maximum absolute atomic E-state index is 13.2. The highest BCUT2D eigenvalue weighted by molar-refractivity contribution is 7.90. The van der Waals surface area contributed by atoms with Crippen LogP contribution in [-0.4, -0.2) is 44.8 Å². The fraction of sp³-hybridized carbons (Fsp3) is 0.182. The molecule has 0 N–H and O–H groups in total. The molecule has 1 unspecified atom stereocenters. The number of sulfone groups is 1. The fourth-order valence-corrected chi connectivity index (χ4v) is 4.58. The van der Waals surface area contributed by atoms with Gasteiger partial charge in [0.1, 0.15) is 6.61 Å². The molecule has 160 valence electrons. The minimum Gasteiger partial charge on any atom is -0.485 e. The van der Waals surface area contributed by atoms with E-state index < -0.39 is 15.9 Å². The number of hydrogen-bond acceptors (Lipinski definition) is 7. The number of benzene rings is 2. The lowest BCUT2D eigenvalue weighted by molar-refractivity contribution is -0.127. The standard InChI is InChI=1S/C22H20N2O5S2/c1-3-12-24(21(25)20-13-28-18-6-4-5-7-19(18)29-20)22-23-17(14-30-22)15-8-10-16(11-9-15)31(2,26)27/h3-11,14,20H,1,12-13H2,2H3. The number of carbonyl (C=O) groups is 1. The zero-order chi connectivity index (χ0) is 22.0. The number of rotatable bonds is 6. The lowest BCUT2D eigenvalue weighted by atomic mass is 10.2. The molecule has 1 aliphatic rings. The quantitative estimate of drug-likeness (QED) is 0.527. The molecular formula is C22H20N2O5S2. The van der Waals surface area contributed by atoms with Gasteiger partial charge in [0.2, 0.25) is 6.10 Å². The molecule has 1 aliphatic heterocycles. The van der Waals surface area contributed by atoms with Crippen molar-refractivity contribution < 1.29 is 22.7 Å². The van der Waals surface area contributed by atoms with E-state index >= 15 is 0 Å². The molecule has 7 nitrogen and oxygen atoms in total. The minimum absolute atomic E-state index is 0.106. The third-order valence-corrected chi connectivity index (χ3v) is 6.66. The van der Waals surface area contributed by atoms with E-state index in [0.717, 1.165) is 11.8 Å². The van der Waals surface area contributed by atoms with Gasteiger partial charge in [-0.2, -0.15) is 0 Å². The number of nitrogens with zero attached hydrogens (tertiary/aromatic N) is 2. The highest BCUT2D eigenvalue weighted by Gasteiger charge is 2.32. The first-order valence-electron chi connectivity index (χ1n) is 9.43. The van der Waals surface area contributed by atoms with Crippen molar-refractivity contribution in [3.8, 4) is 22.8 Å². The van der Waals surface area contributed by atoms with Gasteiger partial charge in [-0.1, -0.05) is 30.3 Å². The number of hydrogen-bond donors (Lipinski definition) is 0. The second kappa shape index (κ2) is 8.52. The van der Waals surface area contributed by atoms with Crippen LogP contribution in [0.15, 0.2) is 71.5 Å². The van der Waals surface area contributed by atoms with Crippen LogP contribution >= 0.6 is 11.3 Å². The Balaban J connectivity index is 1.56. The van der Waals surface area contributed by atoms with E-state index in [-0.39, 0.29) is 24.0 Å². The lowest BCUT2D eigenvalue weighted by Crippen LogP contribution is -2.46. The number of para-hydroxylation sites is 2. The molecule has 4 rings (SSSR count). The number of carbonyl (C=O) groups excluding carboxylic acids is 1. The number of ether oxygens (including phenoxy) is 2. The molecule has 3 aromatic rings. The van der Waals surface area contributed by atoms with Crippen molar-refractivity contribution in [1.82, 2.24) is 4.98 Å². The van der Waals surface area contributed by atoms with Crippen LogP contribution < -0.4 is 14.4 Å². The van der Waals surface area contributed by atoms with Crippen LogP contribution in [0.25, 0.3) is 11.3 Å². The minimum atomic E-state index is -3.27. The molecule has 2 heterocycles. The maximum Gasteiger partial charge on any atom is 0.273 e. The zero-order valence-corrected chi connectivity index (χ0v) is 18.4. The summed E-state index contributed by atoms with van der Waals surface area (Å²) in [6.45, 7) is 4.11. The first-order valence-corrected chi connectivity index (χ1v) is 12.2. The molecule has 1 aromatic heterocycles. The molecule has 0 spiro atoms. The van der Waals surface area contributed by atoms with Gasteiger partial charge in [-0.3, -0.25) is 9.69 Å². The van der Waals surface area contributed by atoms with Crippen LogP contribution in [0.5, 0.6) is 11.5 Å². The van der Waals surface area contributed by atoms with E-state index in [0.29, 0.717) is 22.3 Å². The molecule has 0 saturated heterocycles. The number of anilines is 1. The van der Waals surface area contributed by atoms with Crippen LogP contribution in [0.2, 0.25) is 0 Å². The third kappa shape index (κ3) is 4.47. The van der Waals surface area contributed by atoms with Gasteiger partial charge in [0.05, 0.1) is 10.6 Å². The monoisotopic (exact) mass is 456 g/mol. The molecule has 0 aliphatic carbocycles. The Hall–Kier alpha value is -3.17. The van der Waals surface area contributed by atoms with Gasteiger partial charge in [-0.05, 0) is 24.3 Å². The van der Waals surface area contributed by atoms with Crippen molar-refractivity contribution in [3.63, 3.8) is 0 Å². The topological polar surface area (TPSA) is 85.8 Å². The summed E-state index contributed by atoms with van der Waals surface area (Å²) in [5, 5.41) is 2.32. The van der Waals surface area contributed by atoms with E-state index in [1.807, 2.05) is 17.5 Å². The average Bonchev–Trinajstić information content (AvgIpc) is 3.26. The molecule has 0 radical (unpaired) electrons. The van der Waals surface area contributed by atoms with Gasteiger partial charge in [0.25, 0.3) is 5.91 Å². The molecule has 0 bridgehead atoms. The SMILES string of the molecule is C=CCN(C(=O)C1COc2ccccc2O1)c1nc(-c2ccc(S(C)(=O)=O)cc2)cs1. The Morgan fingerprint density at radius 1 is 1.23 bits per heavy atom. The van der Waals surface area contributed by atoms with Gasteiger partial charge in [0, 0.05) is 23.7 Å². The summed E-state index contributed by atoms with van der Waals surface area (Å²) in [7, 11) is -3.27. The molecule has 0 saturated carbocycles. The van der Waals surface area contributed by atoms with Crippen molar-refractivity contribution >= 4 is 32.2 Å². The molecule has 1 amide bonds. The summed E-state index contributed by atoms with van der Waals surface area (Å²) in [4.78, 5) is 19.5. The second-order valence-electron chi connectivity index (χ2n) is 6.91. The van der Waals surface area contributed by atoms with Gasteiger partial charge in [0.15, 0.2) is 26.5 Å². The van der Waals surface area contributed by atoms with E-state index in [9.17, 15) is 13.2 Å². The molecule has 9 heteroatoms. The molecule has 2 aromatic carbocycles. The second-order valence-corrected chi connectivity index (χ2v) is 9.77. The van der Waals surface area contributed by atoms with E-state index in [1.165, 1.54) is 16.2 Å². The highest BCUT2D eigenvalue weighted by Crippen LogP contribution is 2.33. The first kappa shape index (κ1) is 21.1. The number of fused-ring (bicyclic) bond motifs is 1. The first-order chi connectivity index (χ1) is 14.9. The van der Waals surface area contributed by atoms with E-state index in [2.05, 4.69) is 11.6 Å². The van der Waals surface area contributed by atoms with Crippen LogP contribution in [0.3, 0.4) is 0 Å². The Kier molecular flexibility index (Phi) is 5.79. The predicted octanol–water partition coefficient (Wildman–Crippen LogP) is 3.57. The highest BCUT2D eigenvalue weighted by atomic mass is 32.2. The maximum atomic E-state index is 13.2. The summed E-state index contributed by atoms with van der Waals surface area (Å²) in [5.74, 6) is 0.857. The number of thiazole rings is 1. The van der Waals surface area contributed by atoms with Crippen LogP contribution in [0.1, 0.15) is 0 Å². The van der Waals surface area contributed by atoms with Crippen LogP contribution in [0, 0.1) is 0 Å². The lowest BCUT2D eigenvalue weighted by Gasteiger charge is -2.29. The molecule has 31 heavy (non-hydrogen) atoms. The molecular weight excluding hydrogens is 436 g/mol. The van der Waals surface area contributed by atoms with Gasteiger partial charge in [-0.15, -0.1) is 17.9 Å². The van der Waals surface area contributed by atoms with Gasteiger partial charge in [-0.25, -0.2) is 13.4 Å². The van der Waals surface area contributed by atoms with Gasteiger partial charge < -0.3 is 9.47 Å². The Morgan fingerprint density at radius 2 is 1.94 bits per heavy atom. The predicted molar refractivity (Wildman–Crippen MR) is 120 cm³/mol. The van der Waals surface area contributed by atoms with Crippen LogP contribution in [-0.2, 0) is 14.6 Å². The van der Waals surface area contributed by atoms with Crippen molar-refractivity contribution in [2.24, 2.45) is 0 Å². The van der Waals surface area contributed by atoms with E-state index in [4.69, 9.17) is 9.47 Å².